The molecule has 0 radical (unpaired) electrons. The fraction of sp³-hybridized carbons (Fsp3) is 0.478. The number of benzene rings is 1. The van der Waals surface area contributed by atoms with Crippen molar-refractivity contribution in [3.8, 4) is 0 Å². The van der Waals surface area contributed by atoms with E-state index >= 15 is 0 Å². The highest BCUT2D eigenvalue weighted by molar-refractivity contribution is 6.06. The summed E-state index contributed by atoms with van der Waals surface area (Å²) in [5.41, 5.74) is 1.17. The minimum atomic E-state index is -0.413. The van der Waals surface area contributed by atoms with Crippen LogP contribution in [-0.2, 0) is 10.2 Å². The van der Waals surface area contributed by atoms with Crippen LogP contribution in [0, 0.1) is 18.8 Å². The number of nitrogens with zero attached hydrogens (tertiary/aromatic N) is 3. The predicted molar refractivity (Wildman–Crippen MR) is 114 cm³/mol. The van der Waals surface area contributed by atoms with Crippen molar-refractivity contribution in [1.82, 2.24) is 25.3 Å². The standard InChI is InChI=1S/C23H27N5O3/c1-13(2)21(30)28-11-15-8-16(9-23(15,12-28)22-25-14(3)27-31-22)26-20(29)18-10-24-19-7-5-4-6-17(18)19/h4-7,10,13,15-16,24H,8-9,11-12H2,1-3H3,(H,26,29)/t15-,16+,23-/m0/s1. The zero-order chi connectivity index (χ0) is 21.8. The van der Waals surface area contributed by atoms with E-state index in [1.165, 1.54) is 0 Å². The van der Waals surface area contributed by atoms with Gasteiger partial charge in [0, 0.05) is 42.1 Å². The molecule has 1 aliphatic carbocycles. The minimum Gasteiger partial charge on any atom is -0.360 e. The Morgan fingerprint density at radius 2 is 2.13 bits per heavy atom. The number of nitrogens with one attached hydrogen (secondary N) is 2. The van der Waals surface area contributed by atoms with E-state index in [-0.39, 0.29) is 29.7 Å². The van der Waals surface area contributed by atoms with E-state index in [4.69, 9.17) is 4.52 Å². The molecule has 2 amide bonds. The molecule has 8 nitrogen and oxygen atoms in total. The second-order valence-corrected chi connectivity index (χ2v) is 9.23. The van der Waals surface area contributed by atoms with E-state index in [1.807, 2.05) is 43.0 Å². The van der Waals surface area contributed by atoms with Crippen LogP contribution in [0.25, 0.3) is 10.9 Å². The highest BCUT2D eigenvalue weighted by Crippen LogP contribution is 2.50. The number of fused-ring (bicyclic) bond motifs is 2. The number of aromatic amines is 1. The van der Waals surface area contributed by atoms with Gasteiger partial charge in [0.15, 0.2) is 5.82 Å². The van der Waals surface area contributed by atoms with Crippen LogP contribution in [0.2, 0.25) is 0 Å². The van der Waals surface area contributed by atoms with Crippen LogP contribution >= 0.6 is 0 Å². The van der Waals surface area contributed by atoms with Gasteiger partial charge in [-0.05, 0) is 31.7 Å². The maximum absolute atomic E-state index is 13.1. The average molecular weight is 422 g/mol. The first kappa shape index (κ1) is 19.8. The summed E-state index contributed by atoms with van der Waals surface area (Å²) in [6, 6.07) is 7.76. The first-order valence-electron chi connectivity index (χ1n) is 10.8. The van der Waals surface area contributed by atoms with Crippen molar-refractivity contribution in [3.63, 3.8) is 0 Å². The number of aromatic nitrogens is 3. The lowest BCUT2D eigenvalue weighted by Crippen LogP contribution is -2.40. The molecule has 8 heteroatoms. The monoisotopic (exact) mass is 421 g/mol. The fourth-order valence-corrected chi connectivity index (χ4v) is 5.37. The summed E-state index contributed by atoms with van der Waals surface area (Å²) in [6.07, 6.45) is 3.21. The van der Waals surface area contributed by atoms with E-state index in [0.29, 0.717) is 36.8 Å². The Hall–Kier alpha value is -3.16. The molecule has 0 unspecified atom stereocenters. The third-order valence-corrected chi connectivity index (χ3v) is 6.80. The zero-order valence-electron chi connectivity index (χ0n) is 18.0. The molecule has 1 aliphatic heterocycles. The largest absolute Gasteiger partial charge is 0.360 e. The van der Waals surface area contributed by atoms with Gasteiger partial charge in [0.25, 0.3) is 5.91 Å². The molecule has 31 heavy (non-hydrogen) atoms. The summed E-state index contributed by atoms with van der Waals surface area (Å²) in [5.74, 6) is 1.33. The predicted octanol–water partition coefficient (Wildman–Crippen LogP) is 2.80. The number of carbonyl (C=O) groups excluding carboxylic acids is 2. The van der Waals surface area contributed by atoms with E-state index in [9.17, 15) is 9.59 Å². The molecule has 1 saturated carbocycles. The zero-order valence-corrected chi connectivity index (χ0v) is 18.0. The van der Waals surface area contributed by atoms with Crippen LogP contribution < -0.4 is 5.32 Å². The van der Waals surface area contributed by atoms with Crippen molar-refractivity contribution in [2.75, 3.05) is 13.1 Å². The lowest BCUT2D eigenvalue weighted by molar-refractivity contribution is -0.133. The summed E-state index contributed by atoms with van der Waals surface area (Å²) in [6.45, 7) is 6.85. The first-order valence-corrected chi connectivity index (χ1v) is 10.8. The summed E-state index contributed by atoms with van der Waals surface area (Å²) >= 11 is 0. The minimum absolute atomic E-state index is 0.0188. The lowest BCUT2D eigenvalue weighted by Gasteiger charge is -2.26. The normalized spacial score (nSPS) is 25.4. The molecule has 1 aromatic carbocycles. The van der Waals surface area contributed by atoms with Gasteiger partial charge in [0.2, 0.25) is 11.8 Å². The number of likely N-dealkylation sites (tertiary alicyclic amines) is 1. The molecule has 3 aromatic rings. The maximum atomic E-state index is 13.1. The van der Waals surface area contributed by atoms with Crippen molar-refractivity contribution in [2.24, 2.45) is 11.8 Å². The number of hydrogen-bond acceptors (Lipinski definition) is 5. The molecule has 3 heterocycles. The molecule has 1 saturated heterocycles. The summed E-state index contributed by atoms with van der Waals surface area (Å²) in [7, 11) is 0. The van der Waals surface area contributed by atoms with Crippen LogP contribution in [0.4, 0.5) is 0 Å². The third-order valence-electron chi connectivity index (χ3n) is 6.80. The molecular weight excluding hydrogens is 394 g/mol. The van der Waals surface area contributed by atoms with Gasteiger partial charge in [0.1, 0.15) is 0 Å². The third kappa shape index (κ3) is 3.21. The van der Waals surface area contributed by atoms with Gasteiger partial charge in [-0.3, -0.25) is 9.59 Å². The van der Waals surface area contributed by atoms with Gasteiger partial charge in [-0.1, -0.05) is 37.2 Å². The van der Waals surface area contributed by atoms with Gasteiger partial charge >= 0.3 is 0 Å². The molecule has 0 spiro atoms. The molecule has 3 atom stereocenters. The number of carbonyl (C=O) groups is 2. The van der Waals surface area contributed by atoms with Crippen molar-refractivity contribution < 1.29 is 14.1 Å². The van der Waals surface area contributed by atoms with Gasteiger partial charge in [-0.15, -0.1) is 0 Å². The molecular formula is C23H27N5O3. The Kier molecular flexibility index (Phi) is 4.60. The van der Waals surface area contributed by atoms with Crippen molar-refractivity contribution in [1.29, 1.82) is 0 Å². The highest BCUT2D eigenvalue weighted by Gasteiger charge is 2.58. The van der Waals surface area contributed by atoms with E-state index < -0.39 is 5.41 Å². The molecule has 0 bridgehead atoms. The molecule has 162 valence electrons. The Balaban J connectivity index is 1.39. The Labute approximate surface area is 180 Å². The number of hydrogen-bond donors (Lipinski definition) is 2. The smallest absolute Gasteiger partial charge is 0.253 e. The highest BCUT2D eigenvalue weighted by atomic mass is 16.5. The van der Waals surface area contributed by atoms with Crippen LogP contribution in [0.3, 0.4) is 0 Å². The van der Waals surface area contributed by atoms with Crippen LogP contribution in [0.5, 0.6) is 0 Å². The Morgan fingerprint density at radius 3 is 2.87 bits per heavy atom. The molecule has 2 N–H and O–H groups in total. The Bertz CT molecular complexity index is 1150. The van der Waals surface area contributed by atoms with Crippen LogP contribution in [0.1, 0.15) is 48.8 Å². The number of aryl methyl sites for hydroxylation is 1. The van der Waals surface area contributed by atoms with Crippen LogP contribution in [-0.4, -0.2) is 51.0 Å². The topological polar surface area (TPSA) is 104 Å². The molecule has 2 aliphatic rings. The van der Waals surface area contributed by atoms with E-state index in [2.05, 4.69) is 20.4 Å². The van der Waals surface area contributed by atoms with E-state index in [1.54, 1.807) is 13.1 Å². The number of amides is 2. The average Bonchev–Trinajstić information content (AvgIpc) is 3.48. The van der Waals surface area contributed by atoms with Gasteiger partial charge < -0.3 is 19.7 Å². The number of H-pyrrole nitrogens is 1. The second-order valence-electron chi connectivity index (χ2n) is 9.23. The fourth-order valence-electron chi connectivity index (χ4n) is 5.37. The Morgan fingerprint density at radius 1 is 1.32 bits per heavy atom. The summed E-state index contributed by atoms with van der Waals surface area (Å²) in [5, 5.41) is 8.13. The maximum Gasteiger partial charge on any atom is 0.253 e. The summed E-state index contributed by atoms with van der Waals surface area (Å²) in [4.78, 5) is 35.4. The molecule has 2 aromatic heterocycles. The van der Waals surface area contributed by atoms with E-state index in [0.717, 1.165) is 17.3 Å². The van der Waals surface area contributed by atoms with Gasteiger partial charge in [-0.25, -0.2) is 0 Å². The van der Waals surface area contributed by atoms with Gasteiger partial charge in [-0.2, -0.15) is 4.98 Å². The van der Waals surface area contributed by atoms with Gasteiger partial charge in [0.05, 0.1) is 11.0 Å². The summed E-state index contributed by atoms with van der Waals surface area (Å²) < 4.78 is 5.61. The molecule has 2 fully saturated rings. The molecule has 5 rings (SSSR count). The number of rotatable bonds is 4. The number of para-hydroxylation sites is 1. The van der Waals surface area contributed by atoms with Crippen molar-refractivity contribution in [3.05, 3.63) is 47.7 Å². The second kappa shape index (κ2) is 7.21. The lowest BCUT2D eigenvalue weighted by atomic mass is 9.80. The van der Waals surface area contributed by atoms with Crippen molar-refractivity contribution in [2.45, 2.75) is 45.1 Å². The van der Waals surface area contributed by atoms with Crippen LogP contribution in [0.15, 0.2) is 35.0 Å². The first-order chi connectivity index (χ1) is 14.9. The quantitative estimate of drug-likeness (QED) is 0.674. The van der Waals surface area contributed by atoms with Crippen molar-refractivity contribution >= 4 is 22.7 Å². The SMILES string of the molecule is Cc1noc([C@]23C[C@H](NC(=O)c4c[nH]c5ccccc45)C[C@H]2CN(C(=O)C(C)C)C3)n1.